The highest BCUT2D eigenvalue weighted by Gasteiger charge is 2.38. The molecule has 0 radical (unpaired) electrons. The third-order valence-corrected chi connectivity index (χ3v) is 8.92. The van der Waals surface area contributed by atoms with E-state index in [0.29, 0.717) is 25.0 Å². The molecule has 31 heavy (non-hydrogen) atoms. The van der Waals surface area contributed by atoms with Gasteiger partial charge < -0.3 is 9.88 Å². The van der Waals surface area contributed by atoms with Crippen LogP contribution in [0.15, 0.2) is 30.9 Å². The van der Waals surface area contributed by atoms with Crippen LogP contribution < -0.4 is 4.90 Å². The lowest BCUT2D eigenvalue weighted by Gasteiger charge is -2.42. The van der Waals surface area contributed by atoms with Gasteiger partial charge in [-0.15, -0.1) is 0 Å². The van der Waals surface area contributed by atoms with E-state index in [1.807, 2.05) is 43.3 Å². The van der Waals surface area contributed by atoms with Gasteiger partial charge in [-0.25, -0.2) is 22.7 Å². The molecule has 1 N–H and O–H groups in total. The molecule has 2 fully saturated rings. The number of hydrogen-bond acceptors (Lipinski definition) is 6. The Morgan fingerprint density at radius 1 is 1.19 bits per heavy atom. The molecule has 2 aliphatic rings. The summed E-state index contributed by atoms with van der Waals surface area (Å²) in [6.45, 7) is 1.18. The first kappa shape index (κ1) is 20.4. The lowest BCUT2D eigenvalue weighted by atomic mass is 9.81. The Morgan fingerprint density at radius 2 is 1.97 bits per heavy atom. The normalized spacial score (nSPS) is 23.2. The quantitative estimate of drug-likeness (QED) is 0.626. The summed E-state index contributed by atoms with van der Waals surface area (Å²) in [4.78, 5) is 14.0. The number of nitrogens with one attached hydrogen (secondary N) is 1. The highest BCUT2D eigenvalue weighted by atomic mass is 32.2. The van der Waals surface area contributed by atoms with Crippen LogP contribution in [-0.4, -0.2) is 69.4 Å². The van der Waals surface area contributed by atoms with Crippen LogP contribution in [0.25, 0.3) is 11.0 Å². The molecule has 9 nitrogen and oxygen atoms in total. The van der Waals surface area contributed by atoms with Crippen LogP contribution in [0.2, 0.25) is 0 Å². The number of hydrogen-bond donors (Lipinski definition) is 1. The van der Waals surface area contributed by atoms with E-state index < -0.39 is 10.0 Å². The largest absolute Gasteiger partial charge is 0.356 e. The molecule has 1 saturated heterocycles. The third-order valence-electron chi connectivity index (χ3n) is 6.87. The van der Waals surface area contributed by atoms with Crippen molar-refractivity contribution in [2.75, 3.05) is 30.8 Å². The molecular formula is C21H29N7O2S. The van der Waals surface area contributed by atoms with Crippen LogP contribution in [0.3, 0.4) is 0 Å². The predicted molar refractivity (Wildman–Crippen MR) is 119 cm³/mol. The van der Waals surface area contributed by atoms with Gasteiger partial charge >= 0.3 is 0 Å². The van der Waals surface area contributed by atoms with Crippen LogP contribution in [0.5, 0.6) is 0 Å². The van der Waals surface area contributed by atoms with Crippen molar-refractivity contribution in [3.05, 3.63) is 36.5 Å². The van der Waals surface area contributed by atoms with E-state index in [1.54, 1.807) is 10.6 Å². The molecule has 4 heterocycles. The second-order valence-electron chi connectivity index (χ2n) is 8.91. The third kappa shape index (κ3) is 3.94. The van der Waals surface area contributed by atoms with Crippen molar-refractivity contribution in [2.45, 2.75) is 37.6 Å². The number of sulfonamides is 1. The molecular weight excluding hydrogens is 414 g/mol. The summed E-state index contributed by atoms with van der Waals surface area (Å²) in [5.74, 6) is 1.70. The maximum atomic E-state index is 13.0. The van der Waals surface area contributed by atoms with Gasteiger partial charge in [0.05, 0.1) is 16.8 Å². The Bertz CT molecular complexity index is 1160. The molecule has 1 aliphatic heterocycles. The van der Waals surface area contributed by atoms with Crippen molar-refractivity contribution < 1.29 is 8.42 Å². The van der Waals surface area contributed by atoms with Gasteiger partial charge in [-0.2, -0.15) is 5.10 Å². The van der Waals surface area contributed by atoms with Crippen molar-refractivity contribution in [3.63, 3.8) is 0 Å². The summed E-state index contributed by atoms with van der Waals surface area (Å²) < 4.78 is 29.5. The number of rotatable bonds is 6. The SMILES string of the molecule is Cn1ccc(C2CCN(S(=O)(=O)C[C@H]3C[C@@H](N(C)c4ncnc5[nH]ccc45)C3)CC2)n1. The predicted octanol–water partition coefficient (Wildman–Crippen LogP) is 2.12. The number of anilines is 1. The van der Waals surface area contributed by atoms with Gasteiger partial charge in [-0.05, 0) is 43.7 Å². The Kier molecular flexibility index (Phi) is 5.21. The Hall–Kier alpha value is -2.46. The van der Waals surface area contributed by atoms with Crippen LogP contribution >= 0.6 is 0 Å². The van der Waals surface area contributed by atoms with E-state index in [-0.39, 0.29) is 11.7 Å². The molecule has 1 aliphatic carbocycles. The molecule has 166 valence electrons. The van der Waals surface area contributed by atoms with Crippen LogP contribution in [0.1, 0.15) is 37.3 Å². The molecule has 1 saturated carbocycles. The van der Waals surface area contributed by atoms with Crippen LogP contribution in [-0.2, 0) is 17.1 Å². The van der Waals surface area contributed by atoms with Gasteiger partial charge in [0.2, 0.25) is 10.0 Å². The van der Waals surface area contributed by atoms with Gasteiger partial charge in [-0.1, -0.05) is 0 Å². The van der Waals surface area contributed by atoms with E-state index in [4.69, 9.17) is 0 Å². The van der Waals surface area contributed by atoms with Gasteiger partial charge in [0, 0.05) is 51.5 Å². The van der Waals surface area contributed by atoms with Crippen molar-refractivity contribution in [3.8, 4) is 0 Å². The smallest absolute Gasteiger partial charge is 0.214 e. The fourth-order valence-corrected chi connectivity index (χ4v) is 6.80. The molecule has 3 aromatic heterocycles. The van der Waals surface area contributed by atoms with E-state index in [2.05, 4.69) is 25.0 Å². The minimum atomic E-state index is -3.22. The zero-order valence-electron chi connectivity index (χ0n) is 18.0. The summed E-state index contributed by atoms with van der Waals surface area (Å²) >= 11 is 0. The fraction of sp³-hybridized carbons (Fsp3) is 0.571. The number of aryl methyl sites for hydroxylation is 1. The first-order valence-electron chi connectivity index (χ1n) is 10.9. The molecule has 0 unspecified atom stereocenters. The molecule has 0 spiro atoms. The highest BCUT2D eigenvalue weighted by Crippen LogP contribution is 2.37. The molecule has 5 rings (SSSR count). The van der Waals surface area contributed by atoms with Gasteiger partial charge in [-0.3, -0.25) is 4.68 Å². The number of H-pyrrole nitrogens is 1. The first-order chi connectivity index (χ1) is 14.9. The Morgan fingerprint density at radius 3 is 2.68 bits per heavy atom. The summed E-state index contributed by atoms with van der Waals surface area (Å²) in [6, 6.07) is 4.33. The van der Waals surface area contributed by atoms with Crippen molar-refractivity contribution in [1.82, 2.24) is 29.0 Å². The summed E-state index contributed by atoms with van der Waals surface area (Å²) in [5, 5.41) is 5.49. The summed E-state index contributed by atoms with van der Waals surface area (Å²) in [7, 11) is 0.724. The van der Waals surface area contributed by atoms with E-state index in [0.717, 1.165) is 48.2 Å². The Labute approximate surface area is 182 Å². The molecule has 10 heteroatoms. The minimum absolute atomic E-state index is 0.203. The average molecular weight is 444 g/mol. The van der Waals surface area contributed by atoms with Crippen LogP contribution in [0.4, 0.5) is 5.82 Å². The van der Waals surface area contributed by atoms with E-state index in [1.165, 1.54) is 0 Å². The highest BCUT2D eigenvalue weighted by molar-refractivity contribution is 7.89. The van der Waals surface area contributed by atoms with Crippen molar-refractivity contribution in [2.24, 2.45) is 13.0 Å². The van der Waals surface area contributed by atoms with Crippen molar-refractivity contribution in [1.29, 1.82) is 0 Å². The van der Waals surface area contributed by atoms with Gasteiger partial charge in [0.25, 0.3) is 0 Å². The minimum Gasteiger partial charge on any atom is -0.356 e. The first-order valence-corrected chi connectivity index (χ1v) is 12.5. The zero-order valence-corrected chi connectivity index (χ0v) is 18.8. The molecule has 0 amide bonds. The number of aromatic amines is 1. The van der Waals surface area contributed by atoms with Gasteiger partial charge in [0.15, 0.2) is 0 Å². The molecule has 0 bridgehead atoms. The second kappa shape index (κ2) is 7.90. The number of nitrogens with zero attached hydrogens (tertiary/aromatic N) is 6. The van der Waals surface area contributed by atoms with E-state index in [9.17, 15) is 8.42 Å². The Balaban J connectivity index is 1.15. The maximum absolute atomic E-state index is 13.0. The maximum Gasteiger partial charge on any atom is 0.214 e. The number of piperidine rings is 1. The number of fused-ring (bicyclic) bond motifs is 1. The van der Waals surface area contributed by atoms with Crippen molar-refractivity contribution >= 4 is 26.9 Å². The topological polar surface area (TPSA) is 100 Å². The lowest BCUT2D eigenvalue weighted by molar-refractivity contribution is 0.270. The summed E-state index contributed by atoms with van der Waals surface area (Å²) in [6.07, 6.45) is 8.81. The number of aromatic nitrogens is 5. The lowest BCUT2D eigenvalue weighted by Crippen LogP contribution is -2.48. The fourth-order valence-electron chi connectivity index (χ4n) is 4.95. The monoisotopic (exact) mass is 443 g/mol. The van der Waals surface area contributed by atoms with Crippen LogP contribution in [0, 0.1) is 5.92 Å². The summed E-state index contributed by atoms with van der Waals surface area (Å²) in [5.41, 5.74) is 1.90. The van der Waals surface area contributed by atoms with E-state index >= 15 is 0 Å². The van der Waals surface area contributed by atoms with Gasteiger partial charge in [0.1, 0.15) is 17.8 Å². The average Bonchev–Trinajstić information content (AvgIpc) is 3.38. The standard InChI is InChI=1S/C21H29N7O2S/c1-26-8-6-19(25-26)16-4-9-28(10-5-16)31(29,30)13-15-11-17(12-15)27(2)21-18-3-7-22-20(18)23-14-24-21/h3,6-8,14-17H,4-5,9-13H2,1-2H3,(H,22,23,24)/t15-,17+. The molecule has 0 atom stereocenters. The second-order valence-corrected chi connectivity index (χ2v) is 10.9. The molecule has 0 aromatic carbocycles. The molecule has 3 aromatic rings. The zero-order chi connectivity index (χ0) is 21.6.